The SMILES string of the molecule is COc1cc(C(=O)/C=C/c2cccc(C(F)(F)F)c2)ccc1OCC(=O)[O-]. The predicted octanol–water partition coefficient (Wildman–Crippen LogP) is 2.74. The lowest BCUT2D eigenvalue weighted by molar-refractivity contribution is -0.307. The van der Waals surface area contributed by atoms with Gasteiger partial charge in [0.2, 0.25) is 0 Å². The number of alkyl halides is 3. The van der Waals surface area contributed by atoms with Crippen LogP contribution in [-0.4, -0.2) is 25.5 Å². The lowest BCUT2D eigenvalue weighted by Crippen LogP contribution is -2.29. The van der Waals surface area contributed by atoms with Gasteiger partial charge >= 0.3 is 6.18 Å². The van der Waals surface area contributed by atoms with Crippen LogP contribution >= 0.6 is 0 Å². The molecule has 2 aromatic carbocycles. The van der Waals surface area contributed by atoms with Crippen LogP contribution in [0.4, 0.5) is 13.2 Å². The van der Waals surface area contributed by atoms with Gasteiger partial charge in [0.25, 0.3) is 0 Å². The summed E-state index contributed by atoms with van der Waals surface area (Å²) in [4.78, 5) is 22.7. The van der Waals surface area contributed by atoms with Gasteiger partial charge in [-0.2, -0.15) is 13.2 Å². The zero-order valence-corrected chi connectivity index (χ0v) is 14.1. The molecule has 0 aliphatic carbocycles. The minimum atomic E-state index is -4.47. The number of carbonyl (C=O) groups excluding carboxylic acids is 2. The van der Waals surface area contributed by atoms with Gasteiger partial charge in [-0.25, -0.2) is 0 Å². The van der Waals surface area contributed by atoms with Gasteiger partial charge in [0.15, 0.2) is 17.3 Å². The van der Waals surface area contributed by atoms with E-state index in [-0.39, 0.29) is 22.6 Å². The van der Waals surface area contributed by atoms with Crippen LogP contribution in [-0.2, 0) is 11.0 Å². The van der Waals surface area contributed by atoms with Gasteiger partial charge in [0.1, 0.15) is 6.61 Å². The van der Waals surface area contributed by atoms with Gasteiger partial charge in [-0.3, -0.25) is 4.79 Å². The summed E-state index contributed by atoms with van der Waals surface area (Å²) < 4.78 is 48.1. The van der Waals surface area contributed by atoms with Crippen molar-refractivity contribution in [1.82, 2.24) is 0 Å². The molecule has 0 atom stereocenters. The number of methoxy groups -OCH3 is 1. The molecule has 0 amide bonds. The molecule has 0 fully saturated rings. The first kappa shape index (κ1) is 20.0. The molecule has 0 N–H and O–H groups in total. The van der Waals surface area contributed by atoms with Gasteiger partial charge < -0.3 is 19.4 Å². The fourth-order valence-corrected chi connectivity index (χ4v) is 2.16. The number of halogens is 3. The number of hydrogen-bond acceptors (Lipinski definition) is 5. The summed E-state index contributed by atoms with van der Waals surface area (Å²) in [6.45, 7) is -0.681. The van der Waals surface area contributed by atoms with Gasteiger partial charge in [0, 0.05) is 5.56 Å². The molecule has 0 aromatic heterocycles. The third kappa shape index (κ3) is 5.60. The molecule has 5 nitrogen and oxygen atoms in total. The van der Waals surface area contributed by atoms with E-state index >= 15 is 0 Å². The molecular formula is C19H14F3O5-. The summed E-state index contributed by atoms with van der Waals surface area (Å²) in [6, 6.07) is 8.63. The van der Waals surface area contributed by atoms with Crippen molar-refractivity contribution >= 4 is 17.8 Å². The molecule has 8 heteroatoms. The van der Waals surface area contributed by atoms with Crippen molar-refractivity contribution in [1.29, 1.82) is 0 Å². The maximum atomic E-state index is 12.7. The number of hydrogen-bond donors (Lipinski definition) is 0. The van der Waals surface area contributed by atoms with Gasteiger partial charge in [-0.1, -0.05) is 18.2 Å². The smallest absolute Gasteiger partial charge is 0.416 e. The molecule has 0 unspecified atom stereocenters. The molecule has 0 saturated carbocycles. The lowest BCUT2D eigenvalue weighted by atomic mass is 10.1. The standard InChI is InChI=1S/C19H15F3O5/c1-26-17-10-13(6-8-16(17)27-11-18(24)25)15(23)7-5-12-3-2-4-14(9-12)19(20,21)22/h2-10H,11H2,1H3,(H,24,25)/p-1/b7-5+. The molecule has 0 saturated heterocycles. The third-order valence-electron chi connectivity index (χ3n) is 3.43. The number of aliphatic carboxylic acids is 1. The van der Waals surface area contributed by atoms with Crippen molar-refractivity contribution in [3.8, 4) is 11.5 Å². The molecule has 27 heavy (non-hydrogen) atoms. The molecule has 0 spiro atoms. The Morgan fingerprint density at radius 2 is 1.85 bits per heavy atom. The van der Waals surface area contributed by atoms with Crippen LogP contribution < -0.4 is 14.6 Å². The van der Waals surface area contributed by atoms with Crippen LogP contribution in [0.15, 0.2) is 48.5 Å². The Balaban J connectivity index is 2.18. The molecule has 2 aromatic rings. The highest BCUT2D eigenvalue weighted by atomic mass is 19.4. The summed E-state index contributed by atoms with van der Waals surface area (Å²) in [7, 11) is 1.31. The van der Waals surface area contributed by atoms with E-state index in [1.165, 1.54) is 43.5 Å². The maximum Gasteiger partial charge on any atom is 0.416 e. The van der Waals surface area contributed by atoms with E-state index in [4.69, 9.17) is 9.47 Å². The Morgan fingerprint density at radius 1 is 1.11 bits per heavy atom. The molecule has 142 valence electrons. The van der Waals surface area contributed by atoms with Crippen LogP contribution in [0.1, 0.15) is 21.5 Å². The number of carboxylic acids is 1. The van der Waals surface area contributed by atoms with Crippen molar-refractivity contribution in [3.63, 3.8) is 0 Å². The number of ether oxygens (including phenoxy) is 2. The molecule has 0 aliphatic heterocycles. The van der Waals surface area contributed by atoms with E-state index in [0.29, 0.717) is 0 Å². The number of ketones is 1. The zero-order chi connectivity index (χ0) is 20.0. The number of allylic oxidation sites excluding steroid dienone is 1. The second-order valence-corrected chi connectivity index (χ2v) is 5.35. The Bertz CT molecular complexity index is 872. The van der Waals surface area contributed by atoms with Gasteiger partial charge in [-0.15, -0.1) is 0 Å². The van der Waals surface area contributed by atoms with E-state index in [1.807, 2.05) is 0 Å². The highest BCUT2D eigenvalue weighted by Gasteiger charge is 2.30. The Kier molecular flexibility index (Phi) is 6.23. The molecular weight excluding hydrogens is 365 g/mol. The van der Waals surface area contributed by atoms with Crippen LogP contribution in [0.5, 0.6) is 11.5 Å². The van der Waals surface area contributed by atoms with Crippen molar-refractivity contribution in [3.05, 3.63) is 65.2 Å². The topological polar surface area (TPSA) is 75.7 Å². The van der Waals surface area contributed by atoms with E-state index in [9.17, 15) is 27.9 Å². The first-order valence-corrected chi connectivity index (χ1v) is 7.61. The quantitative estimate of drug-likeness (QED) is 0.546. The highest BCUT2D eigenvalue weighted by Crippen LogP contribution is 2.30. The van der Waals surface area contributed by atoms with Crippen molar-refractivity contribution < 1.29 is 37.3 Å². The fourth-order valence-electron chi connectivity index (χ4n) is 2.16. The van der Waals surface area contributed by atoms with Gasteiger partial charge in [-0.05, 0) is 42.0 Å². The first-order valence-electron chi connectivity index (χ1n) is 7.61. The molecule has 0 radical (unpaired) electrons. The van der Waals surface area contributed by atoms with Crippen LogP contribution in [0.2, 0.25) is 0 Å². The van der Waals surface area contributed by atoms with Crippen molar-refractivity contribution in [2.45, 2.75) is 6.18 Å². The summed E-state index contributed by atoms with van der Waals surface area (Å²) in [6.07, 6.45) is -2.07. The van der Waals surface area contributed by atoms with Crippen molar-refractivity contribution in [2.24, 2.45) is 0 Å². The monoisotopic (exact) mass is 379 g/mol. The largest absolute Gasteiger partial charge is 0.546 e. The van der Waals surface area contributed by atoms with E-state index < -0.39 is 30.1 Å². The average molecular weight is 379 g/mol. The number of carbonyl (C=O) groups is 2. The first-order chi connectivity index (χ1) is 12.7. The van der Waals surface area contributed by atoms with E-state index in [0.717, 1.165) is 18.2 Å². The summed E-state index contributed by atoms with van der Waals surface area (Å²) in [5.41, 5.74) is -0.400. The Labute approximate surface area is 152 Å². The van der Waals surface area contributed by atoms with Crippen LogP contribution in [0.3, 0.4) is 0 Å². The summed E-state index contributed by atoms with van der Waals surface area (Å²) in [5.74, 6) is -1.65. The molecule has 0 heterocycles. The average Bonchev–Trinajstić information content (AvgIpc) is 2.63. The second kappa shape index (κ2) is 8.39. The minimum absolute atomic E-state index is 0.111. The molecule has 0 aliphatic rings. The Hall–Kier alpha value is -3.29. The van der Waals surface area contributed by atoms with Crippen molar-refractivity contribution in [2.75, 3.05) is 13.7 Å². The van der Waals surface area contributed by atoms with E-state index in [1.54, 1.807) is 0 Å². The molecule has 0 bridgehead atoms. The highest BCUT2D eigenvalue weighted by molar-refractivity contribution is 6.07. The van der Waals surface area contributed by atoms with Crippen LogP contribution in [0, 0.1) is 0 Å². The second-order valence-electron chi connectivity index (χ2n) is 5.35. The number of carboxylic acid groups (broad SMARTS) is 1. The summed E-state index contributed by atoms with van der Waals surface area (Å²) >= 11 is 0. The zero-order valence-electron chi connectivity index (χ0n) is 14.1. The molecule has 2 rings (SSSR count). The maximum absolute atomic E-state index is 12.7. The van der Waals surface area contributed by atoms with E-state index in [2.05, 4.69) is 0 Å². The van der Waals surface area contributed by atoms with Crippen LogP contribution in [0.25, 0.3) is 6.08 Å². The predicted molar refractivity (Wildman–Crippen MR) is 88.3 cm³/mol. The number of benzene rings is 2. The minimum Gasteiger partial charge on any atom is -0.546 e. The van der Waals surface area contributed by atoms with Gasteiger partial charge in [0.05, 0.1) is 18.6 Å². The normalized spacial score (nSPS) is 11.4. The lowest BCUT2D eigenvalue weighted by Gasteiger charge is -2.11. The third-order valence-corrected chi connectivity index (χ3v) is 3.43. The summed E-state index contributed by atoms with van der Waals surface area (Å²) in [5, 5.41) is 10.4. The fraction of sp³-hybridized carbons (Fsp3) is 0.158. The number of rotatable bonds is 7. The Morgan fingerprint density at radius 3 is 2.48 bits per heavy atom.